The molecule has 0 aliphatic rings. The molecule has 0 heterocycles. The number of nitro benzene ring substituents is 2. The van der Waals surface area contributed by atoms with E-state index >= 15 is 0 Å². The Morgan fingerprint density at radius 2 is 1.50 bits per heavy atom. The number of carbonyl (C=O) groups excluding carboxylic acids is 1. The normalized spacial score (nSPS) is 12.2. The lowest BCUT2D eigenvalue weighted by atomic mass is 10.1. The highest BCUT2D eigenvalue weighted by molar-refractivity contribution is 7.54. The first-order valence-corrected chi connectivity index (χ1v) is 9.34. The van der Waals surface area contributed by atoms with Crippen molar-refractivity contribution in [1.82, 2.24) is 5.32 Å². The zero-order valence-corrected chi connectivity index (χ0v) is 15.7. The number of benzene rings is 2. The number of hydrogen-bond donors (Lipinski definition) is 1. The number of nitro groups is 2. The van der Waals surface area contributed by atoms with Crippen LogP contribution in [0, 0.1) is 20.2 Å². The Kier molecular flexibility index (Phi) is 6.57. The Labute approximate surface area is 159 Å². The molecule has 0 bridgehead atoms. The third-order valence-corrected chi connectivity index (χ3v) is 5.87. The lowest BCUT2D eigenvalue weighted by molar-refractivity contribution is -0.394. The van der Waals surface area contributed by atoms with Crippen molar-refractivity contribution in [3.8, 4) is 0 Å². The zero-order chi connectivity index (χ0) is 20.9. The van der Waals surface area contributed by atoms with Crippen LogP contribution in [0.1, 0.15) is 21.7 Å². The van der Waals surface area contributed by atoms with Crippen LogP contribution in [0.5, 0.6) is 0 Å². The molecule has 2 rings (SSSR count). The van der Waals surface area contributed by atoms with Gasteiger partial charge in [-0.25, -0.2) is 0 Å². The first kappa shape index (κ1) is 21.2. The van der Waals surface area contributed by atoms with Crippen LogP contribution in [-0.4, -0.2) is 30.0 Å². The van der Waals surface area contributed by atoms with Gasteiger partial charge in [-0.2, -0.15) is 0 Å². The second kappa shape index (κ2) is 8.70. The fourth-order valence-corrected chi connectivity index (χ4v) is 3.79. The summed E-state index contributed by atoms with van der Waals surface area (Å²) < 4.78 is 22.8. The standard InChI is InChI=1S/C16H16N3O8P/c1-26-28(25,27-2)16(11-6-4-3-5-7-11)17-15(20)12-8-13(18(21)22)10-14(9-12)19(23)24/h3-10,16H,1-2H3,(H,17,20)/t16-/m0/s1. The molecule has 148 valence electrons. The summed E-state index contributed by atoms with van der Waals surface area (Å²) in [5, 5.41) is 24.5. The minimum Gasteiger partial charge on any atom is -0.334 e. The van der Waals surface area contributed by atoms with E-state index in [0.717, 1.165) is 32.4 Å². The molecule has 2 aromatic rings. The molecule has 0 saturated carbocycles. The van der Waals surface area contributed by atoms with Gasteiger partial charge in [-0.15, -0.1) is 0 Å². The number of non-ortho nitro benzene ring substituents is 2. The van der Waals surface area contributed by atoms with E-state index in [1.54, 1.807) is 30.3 Å². The largest absolute Gasteiger partial charge is 0.356 e. The molecule has 12 heteroatoms. The summed E-state index contributed by atoms with van der Waals surface area (Å²) in [6, 6.07) is 10.6. The van der Waals surface area contributed by atoms with Gasteiger partial charge in [-0.05, 0) is 5.56 Å². The Balaban J connectivity index is 2.48. The van der Waals surface area contributed by atoms with Crippen molar-refractivity contribution in [2.45, 2.75) is 5.78 Å². The third kappa shape index (κ3) is 4.58. The summed E-state index contributed by atoms with van der Waals surface area (Å²) >= 11 is 0. The lowest BCUT2D eigenvalue weighted by Crippen LogP contribution is -2.29. The number of hydrogen-bond acceptors (Lipinski definition) is 8. The smallest absolute Gasteiger partial charge is 0.334 e. The van der Waals surface area contributed by atoms with E-state index in [9.17, 15) is 29.6 Å². The molecule has 0 aliphatic carbocycles. The van der Waals surface area contributed by atoms with E-state index in [4.69, 9.17) is 9.05 Å². The van der Waals surface area contributed by atoms with Crippen molar-refractivity contribution in [1.29, 1.82) is 0 Å². The second-order valence-corrected chi connectivity index (χ2v) is 7.77. The van der Waals surface area contributed by atoms with Crippen LogP contribution < -0.4 is 5.32 Å². The predicted molar refractivity (Wildman–Crippen MR) is 98.0 cm³/mol. The van der Waals surface area contributed by atoms with Crippen molar-refractivity contribution < 1.29 is 28.3 Å². The predicted octanol–water partition coefficient (Wildman–Crippen LogP) is 3.42. The average Bonchev–Trinajstić information content (AvgIpc) is 2.71. The number of nitrogens with zero attached hydrogens (tertiary/aromatic N) is 2. The quantitative estimate of drug-likeness (QED) is 0.396. The molecule has 0 unspecified atom stereocenters. The zero-order valence-electron chi connectivity index (χ0n) is 14.8. The summed E-state index contributed by atoms with van der Waals surface area (Å²) in [7, 11) is -1.56. The van der Waals surface area contributed by atoms with Crippen LogP contribution >= 0.6 is 7.60 Å². The first-order chi connectivity index (χ1) is 13.2. The van der Waals surface area contributed by atoms with Crippen molar-refractivity contribution in [2.75, 3.05) is 14.2 Å². The maximum Gasteiger partial charge on any atom is 0.356 e. The lowest BCUT2D eigenvalue weighted by Gasteiger charge is -2.25. The van der Waals surface area contributed by atoms with E-state index in [0.29, 0.717) is 5.56 Å². The number of nitrogens with one attached hydrogen (secondary N) is 1. The molecule has 2 aromatic carbocycles. The van der Waals surface area contributed by atoms with E-state index in [2.05, 4.69) is 5.32 Å². The topological polar surface area (TPSA) is 151 Å². The highest BCUT2D eigenvalue weighted by Crippen LogP contribution is 2.58. The molecule has 0 spiro atoms. The summed E-state index contributed by atoms with van der Waals surface area (Å²) in [6.45, 7) is 0. The van der Waals surface area contributed by atoms with Gasteiger partial charge < -0.3 is 14.4 Å². The van der Waals surface area contributed by atoms with Crippen LogP contribution in [0.3, 0.4) is 0 Å². The van der Waals surface area contributed by atoms with Crippen LogP contribution in [0.15, 0.2) is 48.5 Å². The first-order valence-electron chi connectivity index (χ1n) is 7.72. The van der Waals surface area contributed by atoms with E-state index in [-0.39, 0.29) is 5.56 Å². The fourth-order valence-electron chi connectivity index (χ4n) is 2.41. The summed E-state index contributed by atoms with van der Waals surface area (Å²) in [5.41, 5.74) is -1.21. The SMILES string of the molecule is COP(=O)(OC)[C@H](NC(=O)c1cc([N+](=O)[O-])cc([N+](=O)[O-])c1)c1ccccc1. The highest BCUT2D eigenvalue weighted by Gasteiger charge is 2.37. The minimum atomic E-state index is -3.85. The van der Waals surface area contributed by atoms with Gasteiger partial charge in [0.1, 0.15) is 0 Å². The van der Waals surface area contributed by atoms with Crippen molar-refractivity contribution >= 4 is 24.9 Å². The number of rotatable bonds is 8. The minimum absolute atomic E-state index is 0.347. The van der Waals surface area contributed by atoms with Gasteiger partial charge in [0.25, 0.3) is 17.3 Å². The molecule has 0 radical (unpaired) electrons. The van der Waals surface area contributed by atoms with Crippen LogP contribution in [0.4, 0.5) is 11.4 Å². The van der Waals surface area contributed by atoms with Gasteiger partial charge in [0.05, 0.1) is 21.5 Å². The van der Waals surface area contributed by atoms with Gasteiger partial charge in [-0.1, -0.05) is 30.3 Å². The summed E-state index contributed by atoms with van der Waals surface area (Å²) in [4.78, 5) is 33.0. The van der Waals surface area contributed by atoms with Gasteiger partial charge >= 0.3 is 7.60 Å². The summed E-state index contributed by atoms with van der Waals surface area (Å²) in [5.74, 6) is -2.16. The molecular weight excluding hydrogens is 393 g/mol. The molecule has 1 amide bonds. The monoisotopic (exact) mass is 409 g/mol. The Bertz CT molecular complexity index is 910. The van der Waals surface area contributed by atoms with Crippen molar-refractivity contribution in [2.24, 2.45) is 0 Å². The molecule has 11 nitrogen and oxygen atoms in total. The van der Waals surface area contributed by atoms with Gasteiger partial charge in [0, 0.05) is 26.4 Å². The van der Waals surface area contributed by atoms with Crippen LogP contribution in [0.2, 0.25) is 0 Å². The average molecular weight is 409 g/mol. The molecule has 0 saturated heterocycles. The maximum absolute atomic E-state index is 12.9. The third-order valence-electron chi connectivity index (χ3n) is 3.79. The van der Waals surface area contributed by atoms with Crippen molar-refractivity contribution in [3.05, 3.63) is 79.9 Å². The van der Waals surface area contributed by atoms with Gasteiger partial charge in [-0.3, -0.25) is 29.6 Å². The molecule has 0 fully saturated rings. The number of carbonyl (C=O) groups is 1. The highest BCUT2D eigenvalue weighted by atomic mass is 31.2. The fraction of sp³-hybridized carbons (Fsp3) is 0.188. The Morgan fingerprint density at radius 3 is 1.93 bits per heavy atom. The van der Waals surface area contributed by atoms with E-state index in [1.807, 2.05) is 0 Å². The molecule has 0 aliphatic heterocycles. The van der Waals surface area contributed by atoms with Crippen molar-refractivity contribution in [3.63, 3.8) is 0 Å². The van der Waals surface area contributed by atoms with Gasteiger partial charge in [0.2, 0.25) is 0 Å². The Hall–Kier alpha value is -3.14. The second-order valence-electron chi connectivity index (χ2n) is 5.44. The molecule has 1 N–H and O–H groups in total. The molecular formula is C16H16N3O8P. The van der Waals surface area contributed by atoms with Crippen LogP contribution in [-0.2, 0) is 13.6 Å². The molecule has 28 heavy (non-hydrogen) atoms. The maximum atomic E-state index is 12.9. The summed E-state index contributed by atoms with van der Waals surface area (Å²) in [6.07, 6.45) is 0. The molecule has 0 aromatic heterocycles. The van der Waals surface area contributed by atoms with Crippen LogP contribution in [0.25, 0.3) is 0 Å². The Morgan fingerprint density at radius 1 is 1.00 bits per heavy atom. The number of amides is 1. The molecule has 1 atom stereocenters. The van der Waals surface area contributed by atoms with Gasteiger partial charge in [0.15, 0.2) is 5.78 Å². The van der Waals surface area contributed by atoms with E-state index in [1.165, 1.54) is 0 Å². The van der Waals surface area contributed by atoms with E-state index < -0.39 is 40.5 Å².